The van der Waals surface area contributed by atoms with Crippen molar-refractivity contribution in [3.05, 3.63) is 100.0 Å². The Kier molecular flexibility index (Phi) is 6.88. The molecule has 1 N–H and O–H groups in total. The lowest BCUT2D eigenvalue weighted by atomic mass is 10.0. The number of aromatic amines is 1. The van der Waals surface area contributed by atoms with Gasteiger partial charge in [-0.15, -0.1) is 0 Å². The van der Waals surface area contributed by atoms with Gasteiger partial charge in [-0.2, -0.15) is 0 Å². The Morgan fingerprint density at radius 1 is 1.06 bits per heavy atom. The number of aryl methyl sites for hydroxylation is 1. The summed E-state index contributed by atoms with van der Waals surface area (Å²) >= 11 is 6.15. The van der Waals surface area contributed by atoms with Crippen LogP contribution in [0.15, 0.2) is 66.9 Å². The maximum absolute atomic E-state index is 13.8. The number of carbonyl (C=O) groups is 1. The van der Waals surface area contributed by atoms with Crippen LogP contribution in [-0.4, -0.2) is 24.0 Å². The number of aromatic nitrogens is 1. The fourth-order valence-electron chi connectivity index (χ4n) is 3.60. The lowest BCUT2D eigenvalue weighted by molar-refractivity contribution is 0.0883. The topological polar surface area (TPSA) is 51.3 Å². The molecule has 0 aliphatic rings. The van der Waals surface area contributed by atoms with Gasteiger partial charge in [-0.25, -0.2) is 4.39 Å². The van der Waals surface area contributed by atoms with Crippen molar-refractivity contribution in [2.24, 2.45) is 0 Å². The second-order valence-electron chi connectivity index (χ2n) is 7.54. The molecule has 0 radical (unpaired) electrons. The van der Waals surface area contributed by atoms with Crippen LogP contribution in [0.25, 0.3) is 10.9 Å². The van der Waals surface area contributed by atoms with E-state index in [0.717, 1.165) is 11.1 Å². The van der Waals surface area contributed by atoms with Gasteiger partial charge in [-0.05, 0) is 36.8 Å². The molecule has 4 rings (SSSR count). The Morgan fingerprint density at radius 3 is 2.69 bits per heavy atom. The predicted molar refractivity (Wildman–Crippen MR) is 124 cm³/mol. The molecule has 0 amide bonds. The molecule has 0 fully saturated rings. The summed E-state index contributed by atoms with van der Waals surface area (Å²) in [5.41, 5.74) is 3.48. The van der Waals surface area contributed by atoms with Crippen LogP contribution in [-0.2, 0) is 17.8 Å². The minimum atomic E-state index is -0.304. The van der Waals surface area contributed by atoms with Crippen LogP contribution in [0, 0.1) is 12.7 Å². The fraction of sp³-hybridized carbons (Fsp3) is 0.192. The third kappa shape index (κ3) is 5.01. The van der Waals surface area contributed by atoms with Crippen molar-refractivity contribution in [3.63, 3.8) is 0 Å². The number of H-pyrrole nitrogens is 1. The summed E-state index contributed by atoms with van der Waals surface area (Å²) in [6, 6.07) is 18.1. The second kappa shape index (κ2) is 9.98. The zero-order valence-electron chi connectivity index (χ0n) is 17.7. The fourth-order valence-corrected chi connectivity index (χ4v) is 3.76. The smallest absolute Gasteiger partial charge is 0.169 e. The third-order valence-electron chi connectivity index (χ3n) is 5.33. The number of hydrogen-bond acceptors (Lipinski definition) is 3. The van der Waals surface area contributed by atoms with Crippen molar-refractivity contribution in [2.45, 2.75) is 20.0 Å². The number of nitrogens with one attached hydrogen (secondary N) is 1. The van der Waals surface area contributed by atoms with Gasteiger partial charge >= 0.3 is 0 Å². The predicted octanol–water partition coefficient (Wildman–Crippen LogP) is 6.29. The van der Waals surface area contributed by atoms with Gasteiger partial charge in [0, 0.05) is 39.7 Å². The molecule has 0 saturated carbocycles. The monoisotopic (exact) mass is 451 g/mol. The van der Waals surface area contributed by atoms with E-state index in [1.165, 1.54) is 6.07 Å². The van der Waals surface area contributed by atoms with E-state index in [-0.39, 0.29) is 18.0 Å². The van der Waals surface area contributed by atoms with Crippen molar-refractivity contribution in [3.8, 4) is 5.75 Å². The van der Waals surface area contributed by atoms with Gasteiger partial charge in [0.1, 0.15) is 18.2 Å². The Hall–Kier alpha value is -3.15. The lowest BCUT2D eigenvalue weighted by Gasteiger charge is -2.12. The first-order chi connectivity index (χ1) is 15.5. The quantitative estimate of drug-likeness (QED) is 0.240. The average molecular weight is 452 g/mol. The van der Waals surface area contributed by atoms with E-state index in [1.54, 1.807) is 37.4 Å². The number of carbonyl (C=O) groups excluding carboxylic acids is 1. The first kappa shape index (κ1) is 22.1. The molecule has 0 aliphatic carbocycles. The van der Waals surface area contributed by atoms with Crippen LogP contribution in [0.2, 0.25) is 5.02 Å². The molecule has 164 valence electrons. The summed E-state index contributed by atoms with van der Waals surface area (Å²) in [4.78, 5) is 16.0. The summed E-state index contributed by atoms with van der Waals surface area (Å²) in [7, 11) is 0. The van der Waals surface area contributed by atoms with Crippen LogP contribution in [0.4, 0.5) is 4.39 Å². The Bertz CT molecular complexity index is 1240. The molecule has 0 saturated heterocycles. The highest BCUT2D eigenvalue weighted by atomic mass is 35.5. The van der Waals surface area contributed by atoms with Crippen LogP contribution in [0.1, 0.15) is 27.0 Å². The second-order valence-corrected chi connectivity index (χ2v) is 7.97. The highest BCUT2D eigenvalue weighted by Crippen LogP contribution is 2.28. The number of rotatable bonds is 9. The Morgan fingerprint density at radius 2 is 1.88 bits per heavy atom. The van der Waals surface area contributed by atoms with Gasteiger partial charge in [0.2, 0.25) is 0 Å². The van der Waals surface area contributed by atoms with E-state index in [4.69, 9.17) is 21.1 Å². The highest BCUT2D eigenvalue weighted by Gasteiger charge is 2.17. The number of hydrogen-bond donors (Lipinski definition) is 1. The number of ketones is 1. The molecule has 4 aromatic rings. The van der Waals surface area contributed by atoms with E-state index < -0.39 is 0 Å². The number of halogens is 2. The Labute approximate surface area is 190 Å². The van der Waals surface area contributed by atoms with E-state index in [0.29, 0.717) is 52.6 Å². The first-order valence-electron chi connectivity index (χ1n) is 10.3. The molecule has 4 nitrogen and oxygen atoms in total. The number of Topliss-reactive ketones (excluding diaryl/α,β-unsaturated/α-hetero) is 1. The van der Waals surface area contributed by atoms with E-state index in [1.807, 2.05) is 30.3 Å². The summed E-state index contributed by atoms with van der Waals surface area (Å²) in [5.74, 6) is 0.159. The molecule has 0 unspecified atom stereocenters. The summed E-state index contributed by atoms with van der Waals surface area (Å²) < 4.78 is 25.4. The largest absolute Gasteiger partial charge is 0.491 e. The molecule has 1 aromatic heterocycles. The molecule has 3 aromatic carbocycles. The standard InChI is InChI=1S/C26H23ClFNO3/c1-17-23(28)10-9-21-22(15-29-26(17)21)24(30)13-19-7-8-20(27)14-25(19)32-12-11-31-16-18-5-3-2-4-6-18/h2-10,14-15,29H,11-13,16H2,1H3. The number of fused-ring (bicyclic) bond motifs is 1. The van der Waals surface area contributed by atoms with Gasteiger partial charge < -0.3 is 14.5 Å². The molecular weight excluding hydrogens is 429 g/mol. The molecule has 32 heavy (non-hydrogen) atoms. The van der Waals surface area contributed by atoms with Crippen LogP contribution >= 0.6 is 11.6 Å². The Balaban J connectivity index is 1.42. The van der Waals surface area contributed by atoms with Gasteiger partial charge in [0.05, 0.1) is 18.7 Å². The molecule has 0 spiro atoms. The maximum atomic E-state index is 13.8. The maximum Gasteiger partial charge on any atom is 0.169 e. The minimum Gasteiger partial charge on any atom is -0.491 e. The molecule has 1 heterocycles. The number of ether oxygens (including phenoxy) is 2. The van der Waals surface area contributed by atoms with Crippen LogP contribution in [0.3, 0.4) is 0 Å². The number of benzene rings is 3. The van der Waals surface area contributed by atoms with Crippen molar-refractivity contribution >= 4 is 28.3 Å². The average Bonchev–Trinajstić information content (AvgIpc) is 3.23. The normalized spacial score (nSPS) is 11.1. The zero-order chi connectivity index (χ0) is 22.5. The van der Waals surface area contributed by atoms with Gasteiger partial charge in [-0.1, -0.05) is 48.0 Å². The van der Waals surface area contributed by atoms with Gasteiger partial charge in [-0.3, -0.25) is 4.79 Å². The van der Waals surface area contributed by atoms with Gasteiger partial charge in [0.15, 0.2) is 5.78 Å². The molecular formula is C26H23ClFNO3. The lowest BCUT2D eigenvalue weighted by Crippen LogP contribution is -2.10. The molecule has 6 heteroatoms. The van der Waals surface area contributed by atoms with Crippen molar-refractivity contribution in [2.75, 3.05) is 13.2 Å². The van der Waals surface area contributed by atoms with Crippen LogP contribution in [0.5, 0.6) is 5.75 Å². The molecule has 0 bridgehead atoms. The van der Waals surface area contributed by atoms with E-state index >= 15 is 0 Å². The highest BCUT2D eigenvalue weighted by molar-refractivity contribution is 6.30. The zero-order valence-corrected chi connectivity index (χ0v) is 18.4. The van der Waals surface area contributed by atoms with E-state index in [9.17, 15) is 9.18 Å². The summed E-state index contributed by atoms with van der Waals surface area (Å²) in [6.45, 7) is 2.93. The first-order valence-corrected chi connectivity index (χ1v) is 10.7. The van der Waals surface area contributed by atoms with Crippen molar-refractivity contribution < 1.29 is 18.7 Å². The van der Waals surface area contributed by atoms with Gasteiger partial charge in [0.25, 0.3) is 0 Å². The van der Waals surface area contributed by atoms with E-state index in [2.05, 4.69) is 4.98 Å². The third-order valence-corrected chi connectivity index (χ3v) is 5.56. The van der Waals surface area contributed by atoms with Crippen LogP contribution < -0.4 is 4.74 Å². The summed E-state index contributed by atoms with van der Waals surface area (Å²) in [6.07, 6.45) is 1.77. The minimum absolute atomic E-state index is 0.0882. The molecule has 0 aliphatic heterocycles. The van der Waals surface area contributed by atoms with Crippen molar-refractivity contribution in [1.29, 1.82) is 0 Å². The van der Waals surface area contributed by atoms with Crippen molar-refractivity contribution in [1.82, 2.24) is 4.98 Å². The molecule has 0 atom stereocenters. The summed E-state index contributed by atoms with van der Waals surface area (Å²) in [5, 5.41) is 1.24. The SMILES string of the molecule is Cc1c(F)ccc2c(C(=O)Cc3ccc(Cl)cc3OCCOCc3ccccc3)c[nH]c12.